The van der Waals surface area contributed by atoms with Gasteiger partial charge in [-0.15, -0.1) is 0 Å². The van der Waals surface area contributed by atoms with Gasteiger partial charge < -0.3 is 14.5 Å². The monoisotopic (exact) mass is 228 g/mol. The van der Waals surface area contributed by atoms with E-state index >= 15 is 0 Å². The molecule has 0 amide bonds. The summed E-state index contributed by atoms with van der Waals surface area (Å²) < 4.78 is 5.53. The Hall–Kier alpha value is -0.120. The summed E-state index contributed by atoms with van der Waals surface area (Å²) in [7, 11) is 2.21. The predicted molar refractivity (Wildman–Crippen MR) is 68.9 cm³/mol. The molecule has 1 saturated heterocycles. The van der Waals surface area contributed by atoms with Crippen LogP contribution < -0.4 is 0 Å². The van der Waals surface area contributed by atoms with Crippen molar-refractivity contribution in [2.75, 3.05) is 46.4 Å². The number of rotatable bonds is 7. The topological polar surface area (TPSA) is 15.7 Å². The number of unbranched alkanes of at least 4 members (excludes halogenated alkanes) is 2. The van der Waals surface area contributed by atoms with E-state index in [0.29, 0.717) is 6.10 Å². The van der Waals surface area contributed by atoms with E-state index in [2.05, 4.69) is 30.7 Å². The van der Waals surface area contributed by atoms with Crippen LogP contribution >= 0.6 is 0 Å². The second-order valence-electron chi connectivity index (χ2n) is 5.13. The quantitative estimate of drug-likeness (QED) is 0.618. The lowest BCUT2D eigenvalue weighted by atomic mass is 10.2. The summed E-state index contributed by atoms with van der Waals surface area (Å²) in [4.78, 5) is 5.00. The van der Waals surface area contributed by atoms with Crippen molar-refractivity contribution in [1.82, 2.24) is 9.80 Å². The molecule has 0 bridgehead atoms. The lowest BCUT2D eigenvalue weighted by Gasteiger charge is -2.32. The minimum absolute atomic E-state index is 0.387. The molecule has 0 aromatic rings. The third-order valence-electron chi connectivity index (χ3n) is 3.17. The lowest BCUT2D eigenvalue weighted by Crippen LogP contribution is -2.44. The van der Waals surface area contributed by atoms with Gasteiger partial charge in [0.15, 0.2) is 0 Å². The van der Waals surface area contributed by atoms with E-state index in [4.69, 9.17) is 4.74 Å². The Morgan fingerprint density at radius 1 is 1.00 bits per heavy atom. The normalized spacial score (nSPS) is 19.5. The molecule has 0 aromatic carbocycles. The van der Waals surface area contributed by atoms with Crippen LogP contribution in [0.5, 0.6) is 0 Å². The molecule has 0 radical (unpaired) electrons. The molecule has 3 heteroatoms. The molecule has 0 unspecified atom stereocenters. The summed E-state index contributed by atoms with van der Waals surface area (Å²) in [6.45, 7) is 11.4. The summed E-state index contributed by atoms with van der Waals surface area (Å²) in [5.74, 6) is 0. The van der Waals surface area contributed by atoms with Crippen LogP contribution in [-0.2, 0) is 4.74 Å². The molecule has 1 aliphatic rings. The number of nitrogens with zero attached hydrogens (tertiary/aromatic N) is 2. The third kappa shape index (κ3) is 6.46. The molecule has 1 aliphatic heterocycles. The SMILES string of the molecule is CC(C)OCCCCCN1CCN(C)CC1. The molecule has 1 heterocycles. The highest BCUT2D eigenvalue weighted by molar-refractivity contribution is 4.68. The van der Waals surface area contributed by atoms with Crippen molar-refractivity contribution in [2.24, 2.45) is 0 Å². The molecule has 0 aliphatic carbocycles. The van der Waals surface area contributed by atoms with E-state index in [-0.39, 0.29) is 0 Å². The fourth-order valence-electron chi connectivity index (χ4n) is 2.00. The second kappa shape index (κ2) is 8.04. The first-order chi connectivity index (χ1) is 7.68. The molecular weight excluding hydrogens is 200 g/mol. The van der Waals surface area contributed by atoms with Crippen LogP contribution in [0.2, 0.25) is 0 Å². The van der Waals surface area contributed by atoms with E-state index < -0.39 is 0 Å². The Labute approximate surface area is 101 Å². The molecule has 0 atom stereocenters. The van der Waals surface area contributed by atoms with Crippen molar-refractivity contribution in [3.05, 3.63) is 0 Å². The van der Waals surface area contributed by atoms with Crippen LogP contribution in [-0.4, -0.2) is 62.3 Å². The average molecular weight is 228 g/mol. The van der Waals surface area contributed by atoms with Crippen molar-refractivity contribution in [3.63, 3.8) is 0 Å². The van der Waals surface area contributed by atoms with Gasteiger partial charge in [-0.1, -0.05) is 0 Å². The van der Waals surface area contributed by atoms with Gasteiger partial charge in [0.2, 0.25) is 0 Å². The molecule has 0 aromatic heterocycles. The van der Waals surface area contributed by atoms with Gasteiger partial charge in [0.25, 0.3) is 0 Å². The summed E-state index contributed by atoms with van der Waals surface area (Å²) in [5.41, 5.74) is 0. The first-order valence-corrected chi connectivity index (χ1v) is 6.71. The zero-order valence-electron chi connectivity index (χ0n) is 11.2. The van der Waals surface area contributed by atoms with Crippen LogP contribution in [0.1, 0.15) is 33.1 Å². The Balaban J connectivity index is 1.87. The van der Waals surface area contributed by atoms with Gasteiger partial charge in [-0.25, -0.2) is 0 Å². The zero-order valence-corrected chi connectivity index (χ0v) is 11.2. The number of hydrogen-bond donors (Lipinski definition) is 0. The van der Waals surface area contributed by atoms with Crippen LogP contribution in [0.4, 0.5) is 0 Å². The van der Waals surface area contributed by atoms with Crippen molar-refractivity contribution < 1.29 is 4.74 Å². The molecule has 16 heavy (non-hydrogen) atoms. The standard InChI is InChI=1S/C13H28N2O/c1-13(2)16-12-6-4-5-7-15-10-8-14(3)9-11-15/h13H,4-12H2,1-3H3. The minimum Gasteiger partial charge on any atom is -0.379 e. The largest absolute Gasteiger partial charge is 0.379 e. The maximum Gasteiger partial charge on any atom is 0.0518 e. The van der Waals surface area contributed by atoms with Gasteiger partial charge in [-0.05, 0) is 46.7 Å². The highest BCUT2D eigenvalue weighted by Crippen LogP contribution is 2.03. The Kier molecular flexibility index (Phi) is 7.01. The number of hydrogen-bond acceptors (Lipinski definition) is 3. The fraction of sp³-hybridized carbons (Fsp3) is 1.00. The smallest absolute Gasteiger partial charge is 0.0518 e. The first-order valence-electron chi connectivity index (χ1n) is 6.71. The van der Waals surface area contributed by atoms with Crippen molar-refractivity contribution in [1.29, 1.82) is 0 Å². The summed E-state index contributed by atoms with van der Waals surface area (Å²) in [6.07, 6.45) is 4.23. The van der Waals surface area contributed by atoms with Crippen molar-refractivity contribution in [3.8, 4) is 0 Å². The Morgan fingerprint density at radius 2 is 1.69 bits per heavy atom. The van der Waals surface area contributed by atoms with E-state index in [1.807, 2.05) is 0 Å². The zero-order chi connectivity index (χ0) is 11.8. The molecule has 0 N–H and O–H groups in total. The van der Waals surface area contributed by atoms with Gasteiger partial charge in [0.1, 0.15) is 0 Å². The molecule has 1 rings (SSSR count). The fourth-order valence-corrected chi connectivity index (χ4v) is 2.00. The maximum absolute atomic E-state index is 5.53. The van der Waals surface area contributed by atoms with E-state index in [1.54, 1.807) is 0 Å². The number of ether oxygens (including phenoxy) is 1. The third-order valence-corrected chi connectivity index (χ3v) is 3.17. The maximum atomic E-state index is 5.53. The second-order valence-corrected chi connectivity index (χ2v) is 5.13. The van der Waals surface area contributed by atoms with Crippen LogP contribution in [0.25, 0.3) is 0 Å². The molecule has 3 nitrogen and oxygen atoms in total. The van der Waals surface area contributed by atoms with Gasteiger partial charge >= 0.3 is 0 Å². The molecular formula is C13H28N2O. The van der Waals surface area contributed by atoms with Crippen molar-refractivity contribution in [2.45, 2.75) is 39.2 Å². The van der Waals surface area contributed by atoms with Gasteiger partial charge in [-0.2, -0.15) is 0 Å². The highest BCUT2D eigenvalue weighted by Gasteiger charge is 2.12. The average Bonchev–Trinajstić information content (AvgIpc) is 2.25. The van der Waals surface area contributed by atoms with Crippen LogP contribution in [0, 0.1) is 0 Å². The van der Waals surface area contributed by atoms with Crippen molar-refractivity contribution >= 4 is 0 Å². The first kappa shape index (κ1) is 13.9. The van der Waals surface area contributed by atoms with Gasteiger partial charge in [0.05, 0.1) is 6.10 Å². The lowest BCUT2D eigenvalue weighted by molar-refractivity contribution is 0.0747. The predicted octanol–water partition coefficient (Wildman–Crippen LogP) is 1.83. The molecule has 0 saturated carbocycles. The Morgan fingerprint density at radius 3 is 2.31 bits per heavy atom. The molecule has 96 valence electrons. The summed E-state index contributed by atoms with van der Waals surface area (Å²) in [5, 5.41) is 0. The molecule has 1 fully saturated rings. The summed E-state index contributed by atoms with van der Waals surface area (Å²) >= 11 is 0. The molecule has 0 spiro atoms. The van der Waals surface area contributed by atoms with Gasteiger partial charge in [0, 0.05) is 32.8 Å². The number of piperazine rings is 1. The summed E-state index contributed by atoms with van der Waals surface area (Å²) in [6, 6.07) is 0. The van der Waals surface area contributed by atoms with Gasteiger partial charge in [-0.3, -0.25) is 0 Å². The van der Waals surface area contributed by atoms with E-state index in [1.165, 1.54) is 52.0 Å². The highest BCUT2D eigenvalue weighted by atomic mass is 16.5. The van der Waals surface area contributed by atoms with Crippen LogP contribution in [0.3, 0.4) is 0 Å². The van der Waals surface area contributed by atoms with Crippen LogP contribution in [0.15, 0.2) is 0 Å². The minimum atomic E-state index is 0.387. The van der Waals surface area contributed by atoms with E-state index in [9.17, 15) is 0 Å². The Bertz CT molecular complexity index is 165. The number of likely N-dealkylation sites (N-methyl/N-ethyl adjacent to an activating group) is 1. The van der Waals surface area contributed by atoms with E-state index in [0.717, 1.165) is 6.61 Å².